The molecule has 0 amide bonds. The van der Waals surface area contributed by atoms with Crippen molar-refractivity contribution in [3.8, 4) is 44.5 Å². The van der Waals surface area contributed by atoms with Crippen LogP contribution in [-0.4, -0.2) is 62.8 Å². The Labute approximate surface area is 341 Å². The lowest BCUT2D eigenvalue weighted by molar-refractivity contribution is 0.672. The van der Waals surface area contributed by atoms with Gasteiger partial charge in [-0.05, 0) is 89.6 Å². The van der Waals surface area contributed by atoms with Gasteiger partial charge in [-0.15, -0.1) is 21.9 Å². The molecule has 0 aliphatic heterocycles. The van der Waals surface area contributed by atoms with Crippen molar-refractivity contribution in [2.75, 3.05) is 0 Å². The van der Waals surface area contributed by atoms with Crippen LogP contribution in [0.15, 0.2) is 138 Å². The summed E-state index contributed by atoms with van der Waals surface area (Å²) in [7, 11) is 54.6. The number of fused-ring (bicyclic) bond motifs is 7. The van der Waals surface area contributed by atoms with Crippen LogP contribution in [0.25, 0.3) is 98.8 Å². The molecule has 0 unspecified atom stereocenters. The summed E-state index contributed by atoms with van der Waals surface area (Å²) in [5.41, 5.74) is 10.4. The van der Waals surface area contributed by atoms with Gasteiger partial charge in [0.25, 0.3) is 0 Å². The van der Waals surface area contributed by atoms with Gasteiger partial charge in [0.2, 0.25) is 0 Å². The van der Waals surface area contributed by atoms with Gasteiger partial charge >= 0.3 is 0 Å². The molecule has 0 N–H and O–H groups in total. The van der Waals surface area contributed by atoms with Crippen molar-refractivity contribution in [2.45, 2.75) is 0 Å². The monoisotopic (exact) mass is 702 g/mol. The fourth-order valence-electron chi connectivity index (χ4n) is 8.50. The average Bonchev–Trinajstić information content (AvgIpc) is 3.64. The topological polar surface area (TPSA) is 13.1 Å². The van der Waals surface area contributed by atoms with E-state index in [1.807, 2.05) is 54.6 Å². The van der Waals surface area contributed by atoms with Crippen LogP contribution in [0.1, 0.15) is 0 Å². The number of rotatable bonds is 4. The van der Waals surface area contributed by atoms with Crippen LogP contribution in [0.3, 0.4) is 0 Å². The lowest BCUT2D eigenvalue weighted by atomic mass is 9.59. The second-order valence-corrected chi connectivity index (χ2v) is 14.6. The quantitative estimate of drug-likeness (QED) is 0.200. The van der Waals surface area contributed by atoms with E-state index in [1.54, 1.807) is 0 Å². The van der Waals surface area contributed by atoms with E-state index in [0.717, 1.165) is 66.1 Å². The molecule has 1 heterocycles. The van der Waals surface area contributed by atoms with Gasteiger partial charge in [0.1, 0.15) is 73.9 Å². The molecule has 57 heavy (non-hydrogen) atoms. The van der Waals surface area contributed by atoms with E-state index in [0.29, 0.717) is 32.7 Å². The highest BCUT2D eigenvalue weighted by Gasteiger charge is 2.25. The summed E-state index contributed by atoms with van der Waals surface area (Å²) in [6.07, 6.45) is 0. The first kappa shape index (κ1) is 35.5. The van der Waals surface area contributed by atoms with Crippen molar-refractivity contribution in [2.24, 2.45) is 0 Å². The van der Waals surface area contributed by atoms with E-state index < -0.39 is 0 Å². The molecule has 0 saturated heterocycles. The van der Waals surface area contributed by atoms with Crippen LogP contribution in [0.5, 0.6) is 0 Å². The zero-order chi connectivity index (χ0) is 39.3. The first-order valence-corrected chi connectivity index (χ1v) is 18.5. The molecule has 9 heteroatoms. The molecule has 10 rings (SSSR count). The van der Waals surface area contributed by atoms with Crippen molar-refractivity contribution in [1.29, 1.82) is 0 Å². The predicted octanol–water partition coefficient (Wildman–Crippen LogP) is 4.06. The van der Waals surface area contributed by atoms with Crippen molar-refractivity contribution in [3.63, 3.8) is 0 Å². The van der Waals surface area contributed by atoms with E-state index in [4.69, 9.17) is 67.2 Å². The van der Waals surface area contributed by atoms with Crippen molar-refractivity contribution in [3.05, 3.63) is 133 Å². The fraction of sp³-hybridized carbons (Fsp3) is 0. The second kappa shape index (κ2) is 13.3. The minimum atomic E-state index is 0.164. The first-order chi connectivity index (χ1) is 27.6. The molecule has 10 aromatic rings. The maximum Gasteiger partial charge on any atom is 0.143 e. The summed E-state index contributed by atoms with van der Waals surface area (Å²) in [5.74, 6) is 0. The Balaban J connectivity index is 1.26. The third kappa shape index (κ3) is 5.35. The minimum Gasteiger partial charge on any atom is -0.455 e. The smallest absolute Gasteiger partial charge is 0.143 e. The van der Waals surface area contributed by atoms with Gasteiger partial charge in [-0.25, -0.2) is 0 Å². The molecule has 1 aromatic heterocycles. The molecule has 244 valence electrons. The van der Waals surface area contributed by atoms with Crippen LogP contribution in [0, 0.1) is 0 Å². The summed E-state index contributed by atoms with van der Waals surface area (Å²) >= 11 is 0. The first-order valence-electron chi connectivity index (χ1n) is 18.5. The van der Waals surface area contributed by atoms with Gasteiger partial charge in [-0.2, -0.15) is 0 Å². The third-order valence-corrected chi connectivity index (χ3v) is 11.5. The molecular formula is C48H22B8O. The maximum absolute atomic E-state index is 7.01. The molecule has 9 aromatic carbocycles. The van der Waals surface area contributed by atoms with Crippen LogP contribution < -0.4 is 43.7 Å². The summed E-state index contributed by atoms with van der Waals surface area (Å²) < 4.78 is 6.47. The number of furan rings is 1. The summed E-state index contributed by atoms with van der Waals surface area (Å²) in [6, 6.07) is 45.2. The van der Waals surface area contributed by atoms with Crippen LogP contribution in [-0.2, 0) is 0 Å². The molecular weight excluding hydrogens is 679 g/mol. The molecule has 0 fully saturated rings. The molecule has 0 spiro atoms. The highest BCUT2D eigenvalue weighted by Crippen LogP contribution is 2.43. The fourth-order valence-corrected chi connectivity index (χ4v) is 8.50. The molecule has 0 aliphatic rings. The van der Waals surface area contributed by atoms with E-state index in [2.05, 4.69) is 78.9 Å². The minimum absolute atomic E-state index is 0.164. The van der Waals surface area contributed by atoms with Crippen molar-refractivity contribution < 1.29 is 4.42 Å². The molecule has 0 aliphatic carbocycles. The summed E-state index contributed by atoms with van der Waals surface area (Å²) in [4.78, 5) is 0. The van der Waals surface area contributed by atoms with Gasteiger partial charge in [0, 0.05) is 16.2 Å². The van der Waals surface area contributed by atoms with Crippen molar-refractivity contribution >= 4 is 161 Å². The Kier molecular flexibility index (Phi) is 8.31. The Hall–Kier alpha value is -5.92. The normalized spacial score (nSPS) is 11.7. The standard InChI is InChI=1S/C48H22B8O/c49-40-36-34(28-16-14-26(15-17-28)25-12-10-24(11-13-25)23-6-2-1-3-7-23)37-39(43(52)47(56)45(54)41(37)50)35(38(36)42(51)46(55)44(40)53)29-19-21-33-32(22-29)31-20-18-27-8-4-5-9-30(27)48(31)57-33/h1-22H. The maximum atomic E-state index is 7.01. The SMILES string of the molecule is [B]c1c([B])c([B])c2c(-c3ccc4oc5c6ccccc6ccc5c4c3)c3c([B])c([B])c([B])c([B])c3c(-c3ccc(-c4ccc(-c5ccccc5)cc4)cc3)c2c1[B]. The molecule has 0 bridgehead atoms. The largest absolute Gasteiger partial charge is 0.455 e. The molecule has 0 atom stereocenters. The highest BCUT2D eigenvalue weighted by atomic mass is 16.3. The van der Waals surface area contributed by atoms with Gasteiger partial charge in [0.05, 0.1) is 0 Å². The number of hydrogen-bond acceptors (Lipinski definition) is 1. The average molecular weight is 701 g/mol. The van der Waals surface area contributed by atoms with Crippen molar-refractivity contribution in [1.82, 2.24) is 0 Å². The van der Waals surface area contributed by atoms with Gasteiger partial charge in [0.15, 0.2) is 0 Å². The number of benzene rings is 9. The third-order valence-electron chi connectivity index (χ3n) is 11.5. The predicted molar refractivity (Wildman–Crippen MR) is 251 cm³/mol. The lowest BCUT2D eigenvalue weighted by Crippen LogP contribution is -2.50. The Morgan fingerprint density at radius 1 is 0.298 bits per heavy atom. The zero-order valence-corrected chi connectivity index (χ0v) is 30.7. The Bertz CT molecular complexity index is 3220. The van der Waals surface area contributed by atoms with E-state index in [-0.39, 0.29) is 43.7 Å². The van der Waals surface area contributed by atoms with Gasteiger partial charge in [-0.3, -0.25) is 0 Å². The molecule has 0 saturated carbocycles. The highest BCUT2D eigenvalue weighted by molar-refractivity contribution is 6.71. The lowest BCUT2D eigenvalue weighted by Gasteiger charge is -2.28. The van der Waals surface area contributed by atoms with E-state index in [1.165, 1.54) is 0 Å². The number of hydrogen-bond donors (Lipinski definition) is 0. The summed E-state index contributed by atoms with van der Waals surface area (Å²) in [5, 5.41) is 6.22. The van der Waals surface area contributed by atoms with Crippen LogP contribution in [0.2, 0.25) is 0 Å². The molecule has 1 nitrogen and oxygen atoms in total. The van der Waals surface area contributed by atoms with Crippen LogP contribution in [0.4, 0.5) is 0 Å². The molecule has 16 radical (unpaired) electrons. The van der Waals surface area contributed by atoms with E-state index >= 15 is 0 Å². The zero-order valence-electron chi connectivity index (χ0n) is 30.7. The second-order valence-electron chi connectivity index (χ2n) is 14.6. The van der Waals surface area contributed by atoms with Gasteiger partial charge in [-0.1, -0.05) is 137 Å². The Morgan fingerprint density at radius 2 is 0.719 bits per heavy atom. The summed E-state index contributed by atoms with van der Waals surface area (Å²) in [6.45, 7) is 0. The van der Waals surface area contributed by atoms with Gasteiger partial charge < -0.3 is 4.42 Å². The Morgan fingerprint density at radius 3 is 1.25 bits per heavy atom. The van der Waals surface area contributed by atoms with Crippen LogP contribution >= 0.6 is 0 Å². The van der Waals surface area contributed by atoms with E-state index in [9.17, 15) is 0 Å².